The number of nitrogens with one attached hydrogen (secondary N) is 1. The summed E-state index contributed by atoms with van der Waals surface area (Å²) in [6.07, 6.45) is 0.758. The van der Waals surface area contributed by atoms with Crippen molar-refractivity contribution in [1.29, 1.82) is 0 Å². The van der Waals surface area contributed by atoms with Crippen molar-refractivity contribution in [3.63, 3.8) is 0 Å². The van der Waals surface area contributed by atoms with Gasteiger partial charge in [-0.3, -0.25) is 4.79 Å². The van der Waals surface area contributed by atoms with Gasteiger partial charge in [0.1, 0.15) is 22.7 Å². The minimum Gasteiger partial charge on any atom is -0.480 e. The molecule has 8 heteroatoms. The van der Waals surface area contributed by atoms with Gasteiger partial charge in [-0.05, 0) is 20.3 Å². The standard InChI is InChI=1S/C11H18N2O5S/c1-4-5-11(3,10(14)15)13-19(16,17)7-9-6-8(2)18-12-9/h6,13H,4-5,7H2,1-3H3,(H,14,15). The van der Waals surface area contributed by atoms with Gasteiger partial charge in [0, 0.05) is 6.07 Å². The topological polar surface area (TPSA) is 110 Å². The van der Waals surface area contributed by atoms with Crippen LogP contribution in [0.25, 0.3) is 0 Å². The molecule has 0 radical (unpaired) electrons. The van der Waals surface area contributed by atoms with E-state index < -0.39 is 27.3 Å². The molecule has 2 N–H and O–H groups in total. The number of hydrogen-bond acceptors (Lipinski definition) is 5. The van der Waals surface area contributed by atoms with Crippen LogP contribution in [0.1, 0.15) is 38.1 Å². The molecule has 0 aliphatic heterocycles. The third kappa shape index (κ3) is 4.32. The maximum atomic E-state index is 11.9. The smallest absolute Gasteiger partial charge is 0.324 e. The van der Waals surface area contributed by atoms with Crippen molar-refractivity contribution in [2.75, 3.05) is 0 Å². The van der Waals surface area contributed by atoms with Crippen LogP contribution in [0.2, 0.25) is 0 Å². The van der Waals surface area contributed by atoms with Crippen molar-refractivity contribution >= 4 is 16.0 Å². The maximum absolute atomic E-state index is 11.9. The number of aryl methyl sites for hydroxylation is 1. The van der Waals surface area contributed by atoms with E-state index in [0.29, 0.717) is 12.2 Å². The molecule has 19 heavy (non-hydrogen) atoms. The number of aromatic nitrogens is 1. The average Bonchev–Trinajstić information content (AvgIpc) is 2.61. The number of carboxylic acids is 1. The van der Waals surface area contributed by atoms with Gasteiger partial charge in [-0.15, -0.1) is 0 Å². The average molecular weight is 290 g/mol. The minimum absolute atomic E-state index is 0.208. The van der Waals surface area contributed by atoms with Crippen LogP contribution in [-0.4, -0.2) is 30.2 Å². The molecule has 0 aliphatic rings. The van der Waals surface area contributed by atoms with E-state index in [1.165, 1.54) is 13.0 Å². The molecule has 1 aromatic heterocycles. The first-order valence-electron chi connectivity index (χ1n) is 5.86. The Bertz CT molecular complexity index is 551. The highest BCUT2D eigenvalue weighted by Crippen LogP contribution is 2.16. The number of sulfonamides is 1. The molecule has 108 valence electrons. The van der Waals surface area contributed by atoms with Gasteiger partial charge < -0.3 is 9.63 Å². The second-order valence-electron chi connectivity index (χ2n) is 4.68. The lowest BCUT2D eigenvalue weighted by Crippen LogP contribution is -2.52. The molecule has 0 saturated carbocycles. The first kappa shape index (κ1) is 15.6. The summed E-state index contributed by atoms with van der Waals surface area (Å²) in [5, 5.41) is 12.7. The summed E-state index contributed by atoms with van der Waals surface area (Å²) in [7, 11) is -3.80. The van der Waals surface area contributed by atoms with Gasteiger partial charge in [0.05, 0.1) is 0 Å². The van der Waals surface area contributed by atoms with E-state index in [0.717, 1.165) is 0 Å². The number of carbonyl (C=O) groups is 1. The third-order valence-electron chi connectivity index (χ3n) is 2.62. The summed E-state index contributed by atoms with van der Waals surface area (Å²) in [4.78, 5) is 11.2. The molecule has 0 fully saturated rings. The Morgan fingerprint density at radius 3 is 2.63 bits per heavy atom. The fraction of sp³-hybridized carbons (Fsp3) is 0.636. The number of hydrogen-bond donors (Lipinski definition) is 2. The molecule has 1 rings (SSSR count). The van der Waals surface area contributed by atoms with Gasteiger partial charge in [0.25, 0.3) is 0 Å². The van der Waals surface area contributed by atoms with Crippen LogP contribution in [0.15, 0.2) is 10.6 Å². The van der Waals surface area contributed by atoms with Crippen LogP contribution in [0, 0.1) is 6.92 Å². The first-order chi connectivity index (χ1) is 8.68. The largest absolute Gasteiger partial charge is 0.480 e. The molecule has 0 bridgehead atoms. The van der Waals surface area contributed by atoms with Crippen molar-refractivity contribution < 1.29 is 22.8 Å². The molecule has 7 nitrogen and oxygen atoms in total. The van der Waals surface area contributed by atoms with Crippen molar-refractivity contribution in [3.8, 4) is 0 Å². The van der Waals surface area contributed by atoms with Gasteiger partial charge in [-0.2, -0.15) is 4.72 Å². The molecule has 1 unspecified atom stereocenters. The number of nitrogens with zero attached hydrogens (tertiary/aromatic N) is 1. The Hall–Kier alpha value is -1.41. The fourth-order valence-electron chi connectivity index (χ4n) is 1.76. The highest BCUT2D eigenvalue weighted by Gasteiger charge is 2.36. The predicted molar refractivity (Wildman–Crippen MR) is 67.9 cm³/mol. The Balaban J connectivity index is 2.86. The van der Waals surface area contributed by atoms with E-state index >= 15 is 0 Å². The van der Waals surface area contributed by atoms with Crippen LogP contribution < -0.4 is 4.72 Å². The van der Waals surface area contributed by atoms with E-state index in [2.05, 4.69) is 9.88 Å². The summed E-state index contributed by atoms with van der Waals surface area (Å²) >= 11 is 0. The van der Waals surface area contributed by atoms with E-state index in [9.17, 15) is 13.2 Å². The zero-order chi connectivity index (χ0) is 14.7. The van der Waals surface area contributed by atoms with E-state index in [1.807, 2.05) is 0 Å². The summed E-state index contributed by atoms with van der Waals surface area (Å²) in [5.41, 5.74) is -1.26. The maximum Gasteiger partial charge on any atom is 0.324 e. The van der Waals surface area contributed by atoms with E-state index in [4.69, 9.17) is 9.63 Å². The van der Waals surface area contributed by atoms with E-state index in [1.54, 1.807) is 13.8 Å². The normalized spacial score (nSPS) is 15.1. The van der Waals surface area contributed by atoms with Crippen LogP contribution >= 0.6 is 0 Å². The van der Waals surface area contributed by atoms with Gasteiger partial charge in [-0.1, -0.05) is 18.5 Å². The monoisotopic (exact) mass is 290 g/mol. The van der Waals surface area contributed by atoms with Gasteiger partial charge in [-0.25, -0.2) is 8.42 Å². The zero-order valence-electron chi connectivity index (χ0n) is 11.1. The Labute approximate surface area is 112 Å². The van der Waals surface area contributed by atoms with Crippen molar-refractivity contribution in [2.45, 2.75) is 44.9 Å². The second kappa shape index (κ2) is 5.70. The van der Waals surface area contributed by atoms with Crippen molar-refractivity contribution in [1.82, 2.24) is 9.88 Å². The molecule has 0 spiro atoms. The van der Waals surface area contributed by atoms with Crippen molar-refractivity contribution in [3.05, 3.63) is 17.5 Å². The Kier molecular flexibility index (Phi) is 4.70. The molecular weight excluding hydrogens is 272 g/mol. The molecule has 1 heterocycles. The van der Waals surface area contributed by atoms with Gasteiger partial charge in [0.2, 0.25) is 10.0 Å². The first-order valence-corrected chi connectivity index (χ1v) is 7.51. The lowest BCUT2D eigenvalue weighted by atomic mass is 9.98. The SMILES string of the molecule is CCCC(C)(NS(=O)(=O)Cc1cc(C)on1)C(=O)O. The number of aliphatic carboxylic acids is 1. The highest BCUT2D eigenvalue weighted by molar-refractivity contribution is 7.88. The molecule has 1 atom stereocenters. The fourth-order valence-corrected chi connectivity index (χ4v) is 3.23. The Morgan fingerprint density at radius 1 is 1.58 bits per heavy atom. The highest BCUT2D eigenvalue weighted by atomic mass is 32.2. The van der Waals surface area contributed by atoms with Gasteiger partial charge >= 0.3 is 5.97 Å². The minimum atomic E-state index is -3.80. The third-order valence-corrected chi connectivity index (χ3v) is 4.05. The molecule has 1 aromatic rings. The van der Waals surface area contributed by atoms with Crippen LogP contribution in [0.5, 0.6) is 0 Å². The lowest BCUT2D eigenvalue weighted by molar-refractivity contribution is -0.143. The van der Waals surface area contributed by atoms with Crippen LogP contribution in [-0.2, 0) is 20.6 Å². The summed E-state index contributed by atoms with van der Waals surface area (Å²) in [5.74, 6) is -1.11. The summed E-state index contributed by atoms with van der Waals surface area (Å²) < 4.78 is 30.9. The lowest BCUT2D eigenvalue weighted by Gasteiger charge is -2.25. The quantitative estimate of drug-likeness (QED) is 0.776. The molecule has 0 aliphatic carbocycles. The summed E-state index contributed by atoms with van der Waals surface area (Å²) in [6, 6.07) is 1.50. The van der Waals surface area contributed by atoms with Crippen LogP contribution in [0.4, 0.5) is 0 Å². The molecule has 0 amide bonds. The van der Waals surface area contributed by atoms with Crippen molar-refractivity contribution in [2.24, 2.45) is 0 Å². The number of carboxylic acid groups (broad SMARTS) is 1. The van der Waals surface area contributed by atoms with Crippen LogP contribution in [0.3, 0.4) is 0 Å². The molecular formula is C11H18N2O5S. The molecule has 0 saturated heterocycles. The van der Waals surface area contributed by atoms with Gasteiger partial charge in [0.15, 0.2) is 0 Å². The zero-order valence-corrected chi connectivity index (χ0v) is 12.0. The predicted octanol–water partition coefficient (Wildman–Crippen LogP) is 1.05. The molecule has 0 aromatic carbocycles. The number of rotatable bonds is 7. The van der Waals surface area contributed by atoms with E-state index in [-0.39, 0.29) is 12.1 Å². The second-order valence-corrected chi connectivity index (χ2v) is 6.40. The Morgan fingerprint density at radius 2 is 2.21 bits per heavy atom. The summed E-state index contributed by atoms with van der Waals surface area (Å²) in [6.45, 7) is 4.79.